The molecular formula is C50H39N7O2. The van der Waals surface area contributed by atoms with Crippen molar-refractivity contribution in [2.45, 2.75) is 46.2 Å². The summed E-state index contributed by atoms with van der Waals surface area (Å²) < 4.78 is 11.3. The van der Waals surface area contributed by atoms with Crippen molar-refractivity contribution in [3.8, 4) is 11.4 Å². The van der Waals surface area contributed by atoms with Crippen LogP contribution in [0.2, 0.25) is 0 Å². The summed E-state index contributed by atoms with van der Waals surface area (Å²) in [6.45, 7) is 9.07. The van der Waals surface area contributed by atoms with E-state index in [1.807, 2.05) is 54.6 Å². The quantitative estimate of drug-likeness (QED) is 0.164. The molecule has 0 atom stereocenters. The molecule has 0 saturated heterocycles. The average Bonchev–Trinajstić information content (AvgIpc) is 3.90. The Hall–Kier alpha value is -7.39. The monoisotopic (exact) mass is 769 g/mol. The number of hydrogen-bond acceptors (Lipinski definition) is 3. The summed E-state index contributed by atoms with van der Waals surface area (Å²) in [7, 11) is 0. The topological polar surface area (TPSA) is 74.4 Å². The van der Waals surface area contributed by atoms with Gasteiger partial charge in [0.15, 0.2) is 0 Å². The van der Waals surface area contributed by atoms with E-state index in [1.54, 1.807) is 0 Å². The van der Waals surface area contributed by atoms with Gasteiger partial charge in [0.25, 0.3) is 11.8 Å². The Labute approximate surface area is 338 Å². The van der Waals surface area contributed by atoms with Gasteiger partial charge in [-0.2, -0.15) is 0 Å². The Balaban J connectivity index is 1.25. The van der Waals surface area contributed by atoms with Gasteiger partial charge < -0.3 is 4.57 Å². The van der Waals surface area contributed by atoms with Crippen molar-refractivity contribution in [3.63, 3.8) is 0 Å². The molecule has 12 rings (SSSR count). The van der Waals surface area contributed by atoms with Crippen LogP contribution in [0.5, 0.6) is 0 Å². The van der Waals surface area contributed by atoms with Gasteiger partial charge in [-0.05, 0) is 95.8 Å². The highest BCUT2D eigenvalue weighted by atomic mass is 16.2. The molecule has 7 aromatic carbocycles. The van der Waals surface area contributed by atoms with Crippen LogP contribution in [0.4, 0.5) is 5.69 Å². The summed E-state index contributed by atoms with van der Waals surface area (Å²) >= 11 is 0. The highest BCUT2D eigenvalue weighted by molar-refractivity contribution is 6.37. The molecule has 5 heterocycles. The summed E-state index contributed by atoms with van der Waals surface area (Å²) in [5, 5.41) is 1.43. The molecule has 2 aliphatic heterocycles. The van der Waals surface area contributed by atoms with Crippen molar-refractivity contribution in [1.82, 2.24) is 27.9 Å². The van der Waals surface area contributed by atoms with E-state index in [2.05, 4.69) is 136 Å². The number of aromatic nitrogens is 6. The van der Waals surface area contributed by atoms with Crippen molar-refractivity contribution in [3.05, 3.63) is 162 Å². The van der Waals surface area contributed by atoms with E-state index in [0.717, 1.165) is 77.8 Å². The van der Waals surface area contributed by atoms with Crippen LogP contribution in [-0.4, -0.2) is 39.7 Å². The molecule has 0 radical (unpaired) electrons. The second-order valence-corrected chi connectivity index (χ2v) is 16.4. The van der Waals surface area contributed by atoms with Gasteiger partial charge in [0.1, 0.15) is 6.67 Å². The molecular weight excluding hydrogens is 731 g/mol. The minimum Gasteiger partial charge on any atom is -0.317 e. The Kier molecular flexibility index (Phi) is 6.90. The largest absolute Gasteiger partial charge is 0.317 e. The SMILES string of the molecule is CC(C)c1cccc(C(C)C)c1N1C(=O)c2ccc(-n3c4ccccc4n4c5ccccc5nc34)c3c(-n4c5ccccc5n5c6ccccc6n4C5)ccc(c23)C1=O. The lowest BCUT2D eigenvalue weighted by atomic mass is 9.88. The molecule has 0 fully saturated rings. The third-order valence-corrected chi connectivity index (χ3v) is 12.5. The molecule has 0 aliphatic carbocycles. The standard InChI is InChI=1S/C50H39N7O2/c1-29(2)31-14-13-15-32(30(3)4)47(31)56-48(58)33-24-26-43(55-41-22-11-10-21-40(41)54-36-17-6-5-16-35(36)51-50(54)55)46-44(27-25-34(45(33)46)49(56)59)57-42-23-12-8-19-38(42)52-28-53(57)39-20-9-7-18-37(39)52/h5-27,29-30H,28H2,1-4H3. The zero-order valence-corrected chi connectivity index (χ0v) is 33.1. The molecule has 9 nitrogen and oxygen atoms in total. The van der Waals surface area contributed by atoms with Crippen molar-refractivity contribution in [2.24, 2.45) is 0 Å². The number of fused-ring (bicyclic) bond motifs is 7. The molecule has 0 unspecified atom stereocenters. The van der Waals surface area contributed by atoms with Crippen LogP contribution in [0.3, 0.4) is 0 Å². The van der Waals surface area contributed by atoms with Crippen molar-refractivity contribution >= 4 is 78.2 Å². The maximum atomic E-state index is 15.3. The number of amides is 2. The molecule has 286 valence electrons. The summed E-state index contributed by atoms with van der Waals surface area (Å²) in [5.41, 5.74) is 13.4. The van der Waals surface area contributed by atoms with E-state index in [4.69, 9.17) is 4.98 Å². The Morgan fingerprint density at radius 3 is 1.71 bits per heavy atom. The zero-order chi connectivity index (χ0) is 39.8. The van der Waals surface area contributed by atoms with Gasteiger partial charge in [0.2, 0.25) is 5.78 Å². The predicted molar refractivity (Wildman–Crippen MR) is 236 cm³/mol. The van der Waals surface area contributed by atoms with Gasteiger partial charge in [0, 0.05) is 21.9 Å². The Morgan fingerprint density at radius 1 is 0.508 bits per heavy atom. The zero-order valence-electron chi connectivity index (χ0n) is 33.1. The number of anilines is 1. The van der Waals surface area contributed by atoms with Crippen LogP contribution in [0.1, 0.15) is 71.4 Å². The number of carbonyl (C=O) groups excluding carboxylic acids is 2. The number of hydrogen-bond donors (Lipinski definition) is 0. The number of para-hydroxylation sites is 9. The second-order valence-electron chi connectivity index (χ2n) is 16.4. The fourth-order valence-electron chi connectivity index (χ4n) is 9.91. The lowest BCUT2D eigenvalue weighted by molar-refractivity contribution is 0.0893. The smallest absolute Gasteiger partial charge is 0.266 e. The number of benzene rings is 7. The van der Waals surface area contributed by atoms with Gasteiger partial charge in [-0.1, -0.05) is 94.4 Å². The maximum Gasteiger partial charge on any atom is 0.266 e. The molecule has 2 aliphatic rings. The number of carbonyl (C=O) groups is 2. The fraction of sp³-hybridized carbons (Fsp3) is 0.140. The third-order valence-electron chi connectivity index (χ3n) is 12.5. The van der Waals surface area contributed by atoms with Gasteiger partial charge in [0.05, 0.1) is 61.2 Å². The first-order valence-corrected chi connectivity index (χ1v) is 20.3. The number of imidazole rings is 2. The first kappa shape index (κ1) is 33.7. The van der Waals surface area contributed by atoms with E-state index < -0.39 is 0 Å². The fourth-order valence-corrected chi connectivity index (χ4v) is 9.91. The third kappa shape index (κ3) is 4.41. The lowest BCUT2D eigenvalue weighted by Gasteiger charge is -2.33. The normalized spacial score (nSPS) is 13.7. The first-order chi connectivity index (χ1) is 28.8. The van der Waals surface area contributed by atoms with Crippen molar-refractivity contribution in [1.29, 1.82) is 0 Å². The lowest BCUT2D eigenvalue weighted by Crippen LogP contribution is -2.42. The molecule has 0 spiro atoms. The number of rotatable bonds is 5. The highest BCUT2D eigenvalue weighted by Crippen LogP contribution is 2.45. The second kappa shape index (κ2) is 12.1. The molecule has 59 heavy (non-hydrogen) atoms. The van der Waals surface area contributed by atoms with Gasteiger partial charge in [-0.3, -0.25) is 23.2 Å². The van der Waals surface area contributed by atoms with E-state index in [9.17, 15) is 0 Å². The molecule has 9 heteroatoms. The average molecular weight is 770 g/mol. The van der Waals surface area contributed by atoms with Gasteiger partial charge in [-0.15, -0.1) is 0 Å². The minimum absolute atomic E-state index is 0.0898. The number of imide groups is 1. The van der Waals surface area contributed by atoms with Crippen LogP contribution in [0.25, 0.3) is 72.1 Å². The molecule has 0 N–H and O–H groups in total. The molecule has 0 saturated carbocycles. The number of nitrogens with zero attached hydrogens (tertiary/aromatic N) is 7. The summed E-state index contributed by atoms with van der Waals surface area (Å²) in [6.07, 6.45) is 0. The van der Waals surface area contributed by atoms with Crippen LogP contribution < -0.4 is 4.90 Å². The van der Waals surface area contributed by atoms with E-state index in [-0.39, 0.29) is 23.7 Å². The van der Waals surface area contributed by atoms with Crippen molar-refractivity contribution < 1.29 is 9.59 Å². The van der Waals surface area contributed by atoms with Crippen LogP contribution >= 0.6 is 0 Å². The highest BCUT2D eigenvalue weighted by Gasteiger charge is 2.39. The molecule has 10 aromatic rings. The van der Waals surface area contributed by atoms with Crippen molar-refractivity contribution in [2.75, 3.05) is 4.90 Å². The van der Waals surface area contributed by atoms with Crippen LogP contribution in [-0.2, 0) is 6.67 Å². The molecule has 2 bridgehead atoms. The van der Waals surface area contributed by atoms with Gasteiger partial charge >= 0.3 is 0 Å². The van der Waals surface area contributed by atoms with Crippen LogP contribution in [0.15, 0.2) is 140 Å². The summed E-state index contributed by atoms with van der Waals surface area (Å²) in [5.74, 6) is 0.284. The Bertz CT molecular complexity index is 3500. The predicted octanol–water partition coefficient (Wildman–Crippen LogP) is 11.3. The summed E-state index contributed by atoms with van der Waals surface area (Å²) in [6, 6.07) is 47.6. The van der Waals surface area contributed by atoms with E-state index >= 15 is 9.59 Å². The maximum absolute atomic E-state index is 15.3. The summed E-state index contributed by atoms with van der Waals surface area (Å²) in [4.78, 5) is 37.4. The first-order valence-electron chi connectivity index (χ1n) is 20.3. The van der Waals surface area contributed by atoms with Gasteiger partial charge in [-0.25, -0.2) is 14.6 Å². The molecule has 2 amide bonds. The Morgan fingerprint density at radius 2 is 1.05 bits per heavy atom. The molecule has 3 aromatic heterocycles. The van der Waals surface area contributed by atoms with Crippen LogP contribution in [0, 0.1) is 0 Å². The minimum atomic E-state index is -0.322. The van der Waals surface area contributed by atoms with E-state index in [0.29, 0.717) is 28.9 Å². The van der Waals surface area contributed by atoms with E-state index in [1.165, 1.54) is 4.90 Å².